The highest BCUT2D eigenvalue weighted by Gasteiger charge is 2.55. The third-order valence-corrected chi connectivity index (χ3v) is 5.84. The van der Waals surface area contributed by atoms with E-state index >= 15 is 0 Å². The minimum atomic E-state index is -1.65. The highest BCUT2D eigenvalue weighted by Crippen LogP contribution is 2.33. The maximum absolute atomic E-state index is 12.0. The summed E-state index contributed by atoms with van der Waals surface area (Å²) in [6, 6.07) is 0. The van der Waals surface area contributed by atoms with Crippen molar-refractivity contribution in [1.29, 1.82) is 0 Å². The van der Waals surface area contributed by atoms with Crippen LogP contribution in [0.25, 0.3) is 0 Å². The van der Waals surface area contributed by atoms with E-state index in [0.29, 0.717) is 0 Å². The predicted molar refractivity (Wildman–Crippen MR) is 134 cm³/mol. The molecule has 0 aromatic rings. The van der Waals surface area contributed by atoms with E-state index in [4.69, 9.17) is 47.4 Å². The standard InChI is InChI=1S/C26H36O17/c1-10-19(36-11(2)27)21(38-13(4)29)23(40-15(6)31)25(35-10)34-9-18-20(37-12(3)28)22(39-14(5)30)24(41-16(7)32)26(43-18)42-17(8)33/h10,18-26H,9H2,1-8H3/t10-,18+,19-,20+,21+,22-,23+,24+,25+,26?/m0/s1. The number of esters is 7. The van der Waals surface area contributed by atoms with E-state index in [-0.39, 0.29) is 0 Å². The van der Waals surface area contributed by atoms with Crippen LogP contribution in [-0.4, -0.2) is 110 Å². The number of rotatable bonds is 10. The second-order valence-electron chi connectivity index (χ2n) is 9.64. The van der Waals surface area contributed by atoms with Crippen molar-refractivity contribution in [2.24, 2.45) is 0 Å². The SMILES string of the molecule is CC(=O)OC1O[C@H](CO[C@@H]2O[C@@H](C)[C@H](OC(C)=O)[C@@H](OC(C)=O)[C@H]2OC(C)=O)[C@@H](OC(C)=O)[C@H](OC(C)=O)[C@H]1OC(C)=O. The van der Waals surface area contributed by atoms with E-state index in [9.17, 15) is 33.6 Å². The largest absolute Gasteiger partial charge is 0.456 e. The highest BCUT2D eigenvalue weighted by molar-refractivity contribution is 5.70. The molecular formula is C26H36O17. The second kappa shape index (κ2) is 15.6. The number of carbonyl (C=O) groups excluding carboxylic acids is 7. The number of hydrogen-bond acceptors (Lipinski definition) is 17. The Hall–Kier alpha value is -3.83. The predicted octanol–water partition coefficient (Wildman–Crippen LogP) is -0.374. The van der Waals surface area contributed by atoms with Gasteiger partial charge in [0.25, 0.3) is 0 Å². The maximum atomic E-state index is 12.0. The second-order valence-corrected chi connectivity index (χ2v) is 9.64. The molecule has 10 atom stereocenters. The Kier molecular flexibility index (Phi) is 12.8. The topological polar surface area (TPSA) is 212 Å². The van der Waals surface area contributed by atoms with Gasteiger partial charge in [0.2, 0.25) is 12.4 Å². The van der Waals surface area contributed by atoms with Gasteiger partial charge in [-0.2, -0.15) is 0 Å². The van der Waals surface area contributed by atoms with Gasteiger partial charge in [0.1, 0.15) is 6.10 Å². The molecule has 0 bridgehead atoms. The van der Waals surface area contributed by atoms with Crippen molar-refractivity contribution in [3.05, 3.63) is 0 Å². The first kappa shape index (κ1) is 35.4. The molecule has 2 aliphatic rings. The molecule has 2 heterocycles. The third kappa shape index (κ3) is 10.4. The van der Waals surface area contributed by atoms with Crippen molar-refractivity contribution < 1.29 is 80.9 Å². The van der Waals surface area contributed by atoms with Crippen LogP contribution in [0.15, 0.2) is 0 Å². The van der Waals surface area contributed by atoms with Crippen LogP contribution in [-0.2, 0) is 80.9 Å². The average Bonchev–Trinajstić information content (AvgIpc) is 2.84. The van der Waals surface area contributed by atoms with Crippen LogP contribution in [0.4, 0.5) is 0 Å². The minimum Gasteiger partial charge on any atom is -0.456 e. The molecule has 0 spiro atoms. The van der Waals surface area contributed by atoms with Crippen molar-refractivity contribution in [3.8, 4) is 0 Å². The molecule has 2 aliphatic heterocycles. The van der Waals surface area contributed by atoms with Crippen molar-refractivity contribution in [1.82, 2.24) is 0 Å². The van der Waals surface area contributed by atoms with Crippen molar-refractivity contribution >= 4 is 41.8 Å². The average molecular weight is 621 g/mol. The zero-order chi connectivity index (χ0) is 32.6. The van der Waals surface area contributed by atoms with E-state index in [1.165, 1.54) is 6.92 Å². The molecule has 0 N–H and O–H groups in total. The van der Waals surface area contributed by atoms with Gasteiger partial charge in [-0.05, 0) is 6.92 Å². The quantitative estimate of drug-likeness (QED) is 0.225. The lowest BCUT2D eigenvalue weighted by Crippen LogP contribution is -2.64. The van der Waals surface area contributed by atoms with Crippen LogP contribution in [0.1, 0.15) is 55.4 Å². The van der Waals surface area contributed by atoms with E-state index in [1.807, 2.05) is 0 Å². The van der Waals surface area contributed by atoms with Gasteiger partial charge in [0.15, 0.2) is 36.8 Å². The van der Waals surface area contributed by atoms with Crippen molar-refractivity contribution in [3.63, 3.8) is 0 Å². The first-order valence-corrected chi connectivity index (χ1v) is 13.1. The van der Waals surface area contributed by atoms with Crippen molar-refractivity contribution in [2.75, 3.05) is 6.61 Å². The van der Waals surface area contributed by atoms with Crippen molar-refractivity contribution in [2.45, 2.75) is 117 Å². The first-order chi connectivity index (χ1) is 20.0. The Morgan fingerprint density at radius 2 is 0.791 bits per heavy atom. The summed E-state index contributed by atoms with van der Waals surface area (Å²) < 4.78 is 54.5. The summed E-state index contributed by atoms with van der Waals surface area (Å²) in [5, 5.41) is 0. The lowest BCUT2D eigenvalue weighted by atomic mass is 9.97. The van der Waals surface area contributed by atoms with Crippen LogP contribution in [0.2, 0.25) is 0 Å². The fourth-order valence-corrected chi connectivity index (χ4v) is 4.54. The lowest BCUT2D eigenvalue weighted by molar-refractivity contribution is -0.327. The Labute approximate surface area is 246 Å². The van der Waals surface area contributed by atoms with Gasteiger partial charge in [-0.3, -0.25) is 33.6 Å². The normalized spacial score (nSPS) is 31.9. The number of hydrogen-bond donors (Lipinski definition) is 0. The van der Waals surface area contributed by atoms with Gasteiger partial charge in [-0.1, -0.05) is 0 Å². The van der Waals surface area contributed by atoms with Gasteiger partial charge in [0.05, 0.1) is 12.7 Å². The molecule has 43 heavy (non-hydrogen) atoms. The molecule has 2 rings (SSSR count). The van der Waals surface area contributed by atoms with Gasteiger partial charge >= 0.3 is 41.8 Å². The molecule has 0 aromatic carbocycles. The lowest BCUT2D eigenvalue weighted by Gasteiger charge is -2.45. The summed E-state index contributed by atoms with van der Waals surface area (Å²) in [7, 11) is 0. The fourth-order valence-electron chi connectivity index (χ4n) is 4.54. The Morgan fingerprint density at radius 3 is 1.23 bits per heavy atom. The molecule has 0 aromatic heterocycles. The van der Waals surface area contributed by atoms with Crippen LogP contribution in [0.5, 0.6) is 0 Å². The zero-order valence-electron chi connectivity index (χ0n) is 24.9. The van der Waals surface area contributed by atoms with Gasteiger partial charge < -0.3 is 47.4 Å². The maximum Gasteiger partial charge on any atom is 0.305 e. The van der Waals surface area contributed by atoms with E-state index in [2.05, 4.69) is 0 Å². The zero-order valence-corrected chi connectivity index (χ0v) is 24.9. The minimum absolute atomic E-state index is 0.569. The fraction of sp³-hybridized carbons (Fsp3) is 0.731. The van der Waals surface area contributed by atoms with Gasteiger partial charge in [-0.25, -0.2) is 0 Å². The van der Waals surface area contributed by atoms with E-state index < -0.39 is 110 Å². The number of ether oxygens (including phenoxy) is 10. The van der Waals surface area contributed by atoms with Crippen LogP contribution >= 0.6 is 0 Å². The monoisotopic (exact) mass is 620 g/mol. The molecule has 242 valence electrons. The summed E-state index contributed by atoms with van der Waals surface area (Å²) in [6.45, 7) is 8.41. The van der Waals surface area contributed by atoms with E-state index in [1.54, 1.807) is 0 Å². The van der Waals surface area contributed by atoms with Gasteiger partial charge in [0, 0.05) is 48.5 Å². The summed E-state index contributed by atoms with van der Waals surface area (Å²) in [6.07, 6.45) is -14.1. The molecule has 2 fully saturated rings. The molecule has 1 unspecified atom stereocenters. The third-order valence-electron chi connectivity index (χ3n) is 5.84. The molecule has 0 radical (unpaired) electrons. The molecule has 17 heteroatoms. The smallest absolute Gasteiger partial charge is 0.305 e. The molecule has 0 aliphatic carbocycles. The highest BCUT2D eigenvalue weighted by atomic mass is 16.8. The first-order valence-electron chi connectivity index (χ1n) is 13.1. The van der Waals surface area contributed by atoms with Crippen LogP contribution in [0.3, 0.4) is 0 Å². The van der Waals surface area contributed by atoms with E-state index in [0.717, 1.165) is 48.5 Å². The molecular weight excluding hydrogens is 584 g/mol. The Bertz CT molecular complexity index is 1070. The Balaban J connectivity index is 2.47. The molecule has 17 nitrogen and oxygen atoms in total. The molecule has 0 amide bonds. The van der Waals surface area contributed by atoms with Gasteiger partial charge in [-0.15, -0.1) is 0 Å². The summed E-state index contributed by atoms with van der Waals surface area (Å²) in [4.78, 5) is 83.4. The Morgan fingerprint density at radius 1 is 0.442 bits per heavy atom. The summed E-state index contributed by atoms with van der Waals surface area (Å²) in [5.74, 6) is -5.75. The van der Waals surface area contributed by atoms with Crippen LogP contribution < -0.4 is 0 Å². The van der Waals surface area contributed by atoms with Crippen LogP contribution in [0, 0.1) is 0 Å². The molecule has 2 saturated heterocycles. The summed E-state index contributed by atoms with van der Waals surface area (Å²) in [5.41, 5.74) is 0. The number of carbonyl (C=O) groups is 7. The molecule has 0 saturated carbocycles. The summed E-state index contributed by atoms with van der Waals surface area (Å²) >= 11 is 0.